The molecule has 1 aliphatic heterocycles. The second-order valence-corrected chi connectivity index (χ2v) is 8.42. The monoisotopic (exact) mass is 504 g/mol. The molecule has 1 amide bonds. The van der Waals surface area contributed by atoms with E-state index in [-0.39, 0.29) is 24.2 Å². The predicted octanol–water partition coefficient (Wildman–Crippen LogP) is 4.40. The zero-order valence-electron chi connectivity index (χ0n) is 19.3. The number of aromatic nitrogens is 2. The number of methoxy groups -OCH3 is 2. The van der Waals surface area contributed by atoms with Crippen molar-refractivity contribution in [1.29, 1.82) is 0 Å². The van der Waals surface area contributed by atoms with Crippen LogP contribution in [-0.4, -0.2) is 49.5 Å². The van der Waals surface area contributed by atoms with Crippen LogP contribution in [0.15, 0.2) is 48.7 Å². The van der Waals surface area contributed by atoms with Crippen molar-refractivity contribution in [3.8, 4) is 17.2 Å². The van der Waals surface area contributed by atoms with Crippen LogP contribution in [0.1, 0.15) is 40.4 Å². The minimum absolute atomic E-state index is 0. The van der Waals surface area contributed by atoms with Gasteiger partial charge in [-0.1, -0.05) is 29.8 Å². The van der Waals surface area contributed by atoms with Crippen molar-refractivity contribution in [2.75, 3.05) is 33.9 Å². The molecule has 0 unspecified atom stereocenters. The number of para-hydroxylation sites is 1. The van der Waals surface area contributed by atoms with E-state index in [2.05, 4.69) is 15.7 Å². The number of rotatable bonds is 8. The molecule has 1 fully saturated rings. The molecule has 7 nitrogen and oxygen atoms in total. The van der Waals surface area contributed by atoms with Crippen LogP contribution < -0.4 is 20.1 Å². The highest BCUT2D eigenvalue weighted by atomic mass is 35.5. The Bertz CT molecular complexity index is 1110. The molecule has 0 atom stereocenters. The number of carbonyl (C=O) groups is 1. The number of amides is 1. The summed E-state index contributed by atoms with van der Waals surface area (Å²) in [5, 5.41) is 11.6. The first kappa shape index (κ1) is 25.9. The standard InChI is InChI=1S/C25H29ClN4O3.ClH/c1-32-19-8-7-17(23(15-19)33-2)11-14-28-25(31)20-16-29-30(22-6-4-3-5-21(22)26)24(20)18-9-12-27-13-10-18;/h3-8,15-16,18,27H,9-14H2,1-2H3,(H,28,31);1H. The summed E-state index contributed by atoms with van der Waals surface area (Å²) in [7, 11) is 3.25. The van der Waals surface area contributed by atoms with Crippen molar-refractivity contribution < 1.29 is 14.3 Å². The molecule has 1 saturated heterocycles. The maximum absolute atomic E-state index is 13.2. The Kier molecular flexibility index (Phi) is 9.21. The Morgan fingerprint density at radius 2 is 1.94 bits per heavy atom. The van der Waals surface area contributed by atoms with Gasteiger partial charge in [0.2, 0.25) is 0 Å². The van der Waals surface area contributed by atoms with Crippen molar-refractivity contribution in [2.45, 2.75) is 25.2 Å². The topological polar surface area (TPSA) is 77.4 Å². The summed E-state index contributed by atoms with van der Waals surface area (Å²) in [5.41, 5.74) is 3.31. The number of ether oxygens (including phenoxy) is 2. The van der Waals surface area contributed by atoms with Crippen molar-refractivity contribution in [3.05, 3.63) is 70.5 Å². The third-order valence-electron chi connectivity index (χ3n) is 6.03. The molecule has 2 N–H and O–H groups in total. The summed E-state index contributed by atoms with van der Waals surface area (Å²) in [4.78, 5) is 13.2. The Balaban J connectivity index is 0.00000324. The molecule has 1 aliphatic rings. The number of hydrogen-bond donors (Lipinski definition) is 2. The fourth-order valence-corrected chi connectivity index (χ4v) is 4.52. The van der Waals surface area contributed by atoms with Crippen molar-refractivity contribution >= 4 is 29.9 Å². The summed E-state index contributed by atoms with van der Waals surface area (Å²) in [5.74, 6) is 1.57. The van der Waals surface area contributed by atoms with Gasteiger partial charge < -0.3 is 20.1 Å². The van der Waals surface area contributed by atoms with E-state index in [0.29, 0.717) is 23.6 Å². The molecule has 9 heteroatoms. The first-order chi connectivity index (χ1) is 16.1. The molecule has 0 aliphatic carbocycles. The minimum atomic E-state index is -0.130. The summed E-state index contributed by atoms with van der Waals surface area (Å²) in [6.45, 7) is 2.30. The average Bonchev–Trinajstić information content (AvgIpc) is 3.30. The van der Waals surface area contributed by atoms with Crippen LogP contribution in [0.5, 0.6) is 11.5 Å². The summed E-state index contributed by atoms with van der Waals surface area (Å²) in [6.07, 6.45) is 4.18. The number of halogens is 2. The quantitative estimate of drug-likeness (QED) is 0.475. The third kappa shape index (κ3) is 5.66. The number of hydrogen-bond acceptors (Lipinski definition) is 5. The average molecular weight is 505 g/mol. The molecule has 1 aromatic heterocycles. The van der Waals surface area contributed by atoms with Gasteiger partial charge in [0.05, 0.1) is 42.4 Å². The number of piperidine rings is 1. The lowest BCUT2D eigenvalue weighted by Crippen LogP contribution is -2.31. The minimum Gasteiger partial charge on any atom is -0.497 e. The first-order valence-corrected chi connectivity index (χ1v) is 11.5. The molecule has 0 bridgehead atoms. The highest BCUT2D eigenvalue weighted by Gasteiger charge is 2.27. The number of nitrogens with zero attached hydrogens (tertiary/aromatic N) is 2. The Morgan fingerprint density at radius 1 is 1.18 bits per heavy atom. The molecule has 4 rings (SSSR count). The van der Waals surface area contributed by atoms with Gasteiger partial charge in [-0.25, -0.2) is 4.68 Å². The number of nitrogens with one attached hydrogen (secondary N) is 2. The van der Waals surface area contributed by atoms with Gasteiger partial charge in [0.1, 0.15) is 11.5 Å². The van der Waals surface area contributed by atoms with Crippen LogP contribution in [-0.2, 0) is 6.42 Å². The molecule has 2 heterocycles. The zero-order valence-corrected chi connectivity index (χ0v) is 20.9. The molecule has 2 aromatic carbocycles. The van der Waals surface area contributed by atoms with E-state index < -0.39 is 0 Å². The molecule has 3 aromatic rings. The van der Waals surface area contributed by atoms with Crippen LogP contribution in [0.4, 0.5) is 0 Å². The van der Waals surface area contributed by atoms with Gasteiger partial charge in [0.25, 0.3) is 5.91 Å². The molecular weight excluding hydrogens is 475 g/mol. The highest BCUT2D eigenvalue weighted by molar-refractivity contribution is 6.32. The van der Waals surface area contributed by atoms with E-state index in [4.69, 9.17) is 21.1 Å². The molecule has 182 valence electrons. The van der Waals surface area contributed by atoms with Gasteiger partial charge in [0.15, 0.2) is 0 Å². The van der Waals surface area contributed by atoms with Crippen LogP contribution in [0.25, 0.3) is 5.69 Å². The van der Waals surface area contributed by atoms with Crippen LogP contribution in [0.3, 0.4) is 0 Å². The molecule has 34 heavy (non-hydrogen) atoms. The van der Waals surface area contributed by atoms with E-state index in [1.807, 2.05) is 47.1 Å². The predicted molar refractivity (Wildman–Crippen MR) is 136 cm³/mol. The maximum atomic E-state index is 13.2. The Hall–Kier alpha value is -2.74. The fourth-order valence-electron chi connectivity index (χ4n) is 4.30. The van der Waals surface area contributed by atoms with Gasteiger partial charge in [-0.15, -0.1) is 12.4 Å². The summed E-state index contributed by atoms with van der Waals surface area (Å²) < 4.78 is 12.6. The van der Waals surface area contributed by atoms with Gasteiger partial charge in [-0.3, -0.25) is 4.79 Å². The van der Waals surface area contributed by atoms with Crippen LogP contribution in [0.2, 0.25) is 5.02 Å². The summed E-state index contributed by atoms with van der Waals surface area (Å²) in [6, 6.07) is 13.3. The van der Waals surface area contributed by atoms with Crippen molar-refractivity contribution in [2.24, 2.45) is 0 Å². The number of benzene rings is 2. The lowest BCUT2D eigenvalue weighted by molar-refractivity contribution is 0.0952. The normalized spacial score (nSPS) is 13.7. The first-order valence-electron chi connectivity index (χ1n) is 11.1. The molecule has 0 saturated carbocycles. The van der Waals surface area contributed by atoms with Gasteiger partial charge in [-0.05, 0) is 56.1 Å². The second-order valence-electron chi connectivity index (χ2n) is 8.01. The SMILES string of the molecule is COc1ccc(CCNC(=O)c2cnn(-c3ccccc3Cl)c2C2CCNCC2)c(OC)c1.Cl. The van der Waals surface area contributed by atoms with E-state index in [1.54, 1.807) is 20.4 Å². The van der Waals surface area contributed by atoms with Crippen molar-refractivity contribution in [3.63, 3.8) is 0 Å². The zero-order chi connectivity index (χ0) is 23.2. The van der Waals surface area contributed by atoms with E-state index in [9.17, 15) is 4.79 Å². The molecular formula is C25H30Cl2N4O3. The van der Waals surface area contributed by atoms with E-state index in [1.165, 1.54) is 0 Å². The second kappa shape index (κ2) is 12.1. The third-order valence-corrected chi connectivity index (χ3v) is 6.35. The lowest BCUT2D eigenvalue weighted by atomic mass is 9.91. The molecule has 0 spiro atoms. The van der Waals surface area contributed by atoms with E-state index in [0.717, 1.165) is 54.4 Å². The van der Waals surface area contributed by atoms with Crippen LogP contribution >= 0.6 is 24.0 Å². The Labute approximate surface area is 211 Å². The molecule has 0 radical (unpaired) electrons. The lowest BCUT2D eigenvalue weighted by Gasteiger charge is -2.25. The van der Waals surface area contributed by atoms with Crippen LogP contribution in [0, 0.1) is 0 Å². The van der Waals surface area contributed by atoms with Crippen molar-refractivity contribution in [1.82, 2.24) is 20.4 Å². The summed E-state index contributed by atoms with van der Waals surface area (Å²) >= 11 is 6.47. The number of carbonyl (C=O) groups excluding carboxylic acids is 1. The maximum Gasteiger partial charge on any atom is 0.254 e. The highest BCUT2D eigenvalue weighted by Crippen LogP contribution is 2.32. The largest absolute Gasteiger partial charge is 0.497 e. The van der Waals surface area contributed by atoms with Gasteiger partial charge in [-0.2, -0.15) is 5.10 Å². The van der Waals surface area contributed by atoms with Gasteiger partial charge >= 0.3 is 0 Å². The van der Waals surface area contributed by atoms with E-state index >= 15 is 0 Å². The van der Waals surface area contributed by atoms with Gasteiger partial charge in [0, 0.05) is 18.5 Å². The fraction of sp³-hybridized carbons (Fsp3) is 0.360. The Morgan fingerprint density at radius 3 is 2.65 bits per heavy atom. The smallest absolute Gasteiger partial charge is 0.254 e.